The lowest BCUT2D eigenvalue weighted by molar-refractivity contribution is -0.147. The molecule has 1 aliphatic carbocycles. The number of esters is 1. The van der Waals surface area contributed by atoms with Crippen molar-refractivity contribution in [2.75, 3.05) is 13.7 Å². The molecule has 6 nitrogen and oxygen atoms in total. The van der Waals surface area contributed by atoms with Gasteiger partial charge in [0.15, 0.2) is 0 Å². The standard InChI is InChI=1S/C24H30F6N2O4/c1-3-19-11-18(13-32(19)22(34)36-20-6-4-15(5-7-20)21(33)35-2)31-12-14-8-16(23(25,26)27)10-17(9-14)24(28,29)30/h8-10,15,18-20,31H,3-7,11-13H2,1-2H3/t15-,18-,19+,20+/m0/s1. The normalized spacial score (nSPS) is 25.1. The highest BCUT2D eigenvalue weighted by atomic mass is 19.4. The third-order valence-electron chi connectivity index (χ3n) is 6.84. The van der Waals surface area contributed by atoms with Crippen LogP contribution in [-0.2, 0) is 33.2 Å². The summed E-state index contributed by atoms with van der Waals surface area (Å²) in [5.41, 5.74) is -2.87. The molecule has 3 rings (SSSR count). The molecular weight excluding hydrogens is 494 g/mol. The first kappa shape index (κ1) is 28.1. The predicted octanol–water partition coefficient (Wildman–Crippen LogP) is 5.54. The minimum atomic E-state index is -4.91. The number of ether oxygens (including phenoxy) is 2. The Morgan fingerprint density at radius 2 is 1.58 bits per heavy atom. The second-order valence-corrected chi connectivity index (χ2v) is 9.32. The van der Waals surface area contributed by atoms with E-state index in [0.29, 0.717) is 50.7 Å². The fraction of sp³-hybridized carbons (Fsp3) is 0.667. The zero-order valence-electron chi connectivity index (χ0n) is 20.0. The quantitative estimate of drug-likeness (QED) is 0.391. The molecule has 12 heteroatoms. The van der Waals surface area contributed by atoms with Crippen LogP contribution in [-0.4, -0.2) is 48.8 Å². The average molecular weight is 525 g/mol. The van der Waals surface area contributed by atoms with Crippen LogP contribution in [0.5, 0.6) is 0 Å². The average Bonchev–Trinajstić information content (AvgIpc) is 3.25. The molecule has 2 atom stereocenters. The van der Waals surface area contributed by atoms with Gasteiger partial charge in [-0.15, -0.1) is 0 Å². The molecule has 1 aromatic carbocycles. The molecule has 1 N–H and O–H groups in total. The molecule has 1 aliphatic heterocycles. The Labute approximate surface area is 205 Å². The number of hydrogen-bond acceptors (Lipinski definition) is 5. The van der Waals surface area contributed by atoms with Crippen LogP contribution in [0.3, 0.4) is 0 Å². The van der Waals surface area contributed by atoms with Gasteiger partial charge in [-0.2, -0.15) is 26.3 Å². The topological polar surface area (TPSA) is 67.9 Å². The fourth-order valence-corrected chi connectivity index (χ4v) is 4.85. The Morgan fingerprint density at radius 1 is 1.00 bits per heavy atom. The lowest BCUT2D eigenvalue weighted by atomic mass is 9.87. The molecule has 1 aromatic rings. The van der Waals surface area contributed by atoms with E-state index in [1.54, 1.807) is 4.90 Å². The van der Waals surface area contributed by atoms with Crippen molar-refractivity contribution < 1.29 is 45.4 Å². The molecule has 36 heavy (non-hydrogen) atoms. The van der Waals surface area contributed by atoms with Gasteiger partial charge in [-0.1, -0.05) is 6.92 Å². The van der Waals surface area contributed by atoms with Crippen LogP contribution in [0.4, 0.5) is 31.1 Å². The lowest BCUT2D eigenvalue weighted by Gasteiger charge is -2.30. The van der Waals surface area contributed by atoms with Gasteiger partial charge < -0.3 is 19.7 Å². The Morgan fingerprint density at radius 3 is 2.08 bits per heavy atom. The maximum atomic E-state index is 13.1. The van der Waals surface area contributed by atoms with Crippen LogP contribution in [0.2, 0.25) is 0 Å². The summed E-state index contributed by atoms with van der Waals surface area (Å²) in [6.45, 7) is 1.89. The number of hydrogen-bond donors (Lipinski definition) is 1. The zero-order valence-corrected chi connectivity index (χ0v) is 20.0. The number of nitrogens with one attached hydrogen (secondary N) is 1. The molecule has 2 fully saturated rings. The number of benzene rings is 1. The number of halogens is 6. The van der Waals surface area contributed by atoms with Crippen LogP contribution in [0, 0.1) is 5.92 Å². The van der Waals surface area contributed by atoms with Crippen LogP contribution in [0.25, 0.3) is 0 Å². The van der Waals surface area contributed by atoms with E-state index in [-0.39, 0.29) is 54.8 Å². The molecular formula is C24H30F6N2O4. The van der Waals surface area contributed by atoms with Crippen molar-refractivity contribution in [3.8, 4) is 0 Å². The molecule has 0 aromatic heterocycles. The van der Waals surface area contributed by atoms with Crippen molar-refractivity contribution in [2.24, 2.45) is 5.92 Å². The molecule has 0 unspecified atom stereocenters. The van der Waals surface area contributed by atoms with Crippen molar-refractivity contribution >= 4 is 12.1 Å². The largest absolute Gasteiger partial charge is 0.469 e. The van der Waals surface area contributed by atoms with Gasteiger partial charge in [-0.3, -0.25) is 4.79 Å². The van der Waals surface area contributed by atoms with E-state index in [4.69, 9.17) is 9.47 Å². The van der Waals surface area contributed by atoms with E-state index in [1.807, 2.05) is 6.92 Å². The minimum Gasteiger partial charge on any atom is -0.469 e. The maximum Gasteiger partial charge on any atom is 0.416 e. The number of carbonyl (C=O) groups excluding carboxylic acids is 2. The molecule has 1 amide bonds. The summed E-state index contributed by atoms with van der Waals surface area (Å²) in [5.74, 6) is -0.482. The molecule has 0 spiro atoms. The summed E-state index contributed by atoms with van der Waals surface area (Å²) in [7, 11) is 1.33. The Bertz CT molecular complexity index is 896. The highest BCUT2D eigenvalue weighted by molar-refractivity contribution is 5.72. The van der Waals surface area contributed by atoms with Gasteiger partial charge in [0.1, 0.15) is 6.10 Å². The van der Waals surface area contributed by atoms with Gasteiger partial charge in [0, 0.05) is 25.2 Å². The number of likely N-dealkylation sites (tertiary alicyclic amines) is 1. The van der Waals surface area contributed by atoms with Crippen molar-refractivity contribution in [1.29, 1.82) is 0 Å². The fourth-order valence-electron chi connectivity index (χ4n) is 4.85. The van der Waals surface area contributed by atoms with Gasteiger partial charge in [0.2, 0.25) is 0 Å². The summed E-state index contributed by atoms with van der Waals surface area (Å²) in [6, 6.07) is 1.01. The SMILES string of the molecule is CC[C@@H]1C[C@H](NCc2cc(C(F)(F)F)cc(C(F)(F)F)c2)CN1C(=O)O[C@H]1CC[C@@H](C(=O)OC)CC1. The van der Waals surface area contributed by atoms with Crippen molar-refractivity contribution in [3.63, 3.8) is 0 Å². The third kappa shape index (κ3) is 7.04. The number of methoxy groups -OCH3 is 1. The predicted molar refractivity (Wildman–Crippen MR) is 117 cm³/mol. The molecule has 0 bridgehead atoms. The highest BCUT2D eigenvalue weighted by Gasteiger charge is 2.39. The molecule has 2 aliphatic rings. The smallest absolute Gasteiger partial charge is 0.416 e. The highest BCUT2D eigenvalue weighted by Crippen LogP contribution is 2.36. The second kappa shape index (κ2) is 11.3. The number of amides is 1. The van der Waals surface area contributed by atoms with Crippen molar-refractivity contribution in [2.45, 2.75) is 82.5 Å². The van der Waals surface area contributed by atoms with Crippen molar-refractivity contribution in [3.05, 3.63) is 34.9 Å². The molecule has 1 saturated heterocycles. The molecule has 1 heterocycles. The van der Waals surface area contributed by atoms with E-state index < -0.39 is 29.6 Å². The lowest BCUT2D eigenvalue weighted by Crippen LogP contribution is -2.40. The third-order valence-corrected chi connectivity index (χ3v) is 6.84. The van der Waals surface area contributed by atoms with E-state index in [1.165, 1.54) is 7.11 Å². The van der Waals surface area contributed by atoms with Gasteiger partial charge >= 0.3 is 24.4 Å². The van der Waals surface area contributed by atoms with E-state index in [2.05, 4.69) is 5.32 Å². The first-order chi connectivity index (χ1) is 16.8. The van der Waals surface area contributed by atoms with Gasteiger partial charge in [0.05, 0.1) is 24.2 Å². The van der Waals surface area contributed by atoms with E-state index >= 15 is 0 Å². The Balaban J connectivity index is 1.59. The summed E-state index contributed by atoms with van der Waals surface area (Å²) >= 11 is 0. The Kier molecular flexibility index (Phi) is 8.79. The van der Waals surface area contributed by atoms with Gasteiger partial charge in [-0.25, -0.2) is 4.79 Å². The van der Waals surface area contributed by atoms with Crippen LogP contribution >= 0.6 is 0 Å². The monoisotopic (exact) mass is 524 g/mol. The second-order valence-electron chi connectivity index (χ2n) is 9.32. The summed E-state index contributed by atoms with van der Waals surface area (Å²) in [5, 5.41) is 3.00. The summed E-state index contributed by atoms with van der Waals surface area (Å²) in [4.78, 5) is 26.0. The molecule has 0 radical (unpaired) electrons. The summed E-state index contributed by atoms with van der Waals surface area (Å²) in [6.07, 6.45) is -7.36. The van der Waals surface area contributed by atoms with E-state index in [9.17, 15) is 35.9 Å². The maximum absolute atomic E-state index is 13.1. The number of rotatable bonds is 6. The summed E-state index contributed by atoms with van der Waals surface area (Å²) < 4.78 is 89.1. The first-order valence-electron chi connectivity index (χ1n) is 11.9. The van der Waals surface area contributed by atoms with Crippen molar-refractivity contribution in [1.82, 2.24) is 10.2 Å². The zero-order chi connectivity index (χ0) is 26.7. The number of alkyl halides is 6. The Hall–Kier alpha value is -2.50. The van der Waals surface area contributed by atoms with E-state index in [0.717, 1.165) is 0 Å². The molecule has 202 valence electrons. The van der Waals surface area contributed by atoms with Gasteiger partial charge in [-0.05, 0) is 62.3 Å². The first-order valence-corrected chi connectivity index (χ1v) is 11.9. The van der Waals surface area contributed by atoms with Crippen LogP contribution in [0.1, 0.15) is 62.1 Å². The number of nitrogens with zero attached hydrogens (tertiary/aromatic N) is 1. The molecule has 1 saturated carbocycles. The number of carbonyl (C=O) groups is 2. The minimum absolute atomic E-state index is 0.0998. The van der Waals surface area contributed by atoms with Gasteiger partial charge in [0.25, 0.3) is 0 Å². The van der Waals surface area contributed by atoms with Crippen LogP contribution in [0.15, 0.2) is 18.2 Å². The van der Waals surface area contributed by atoms with Crippen LogP contribution < -0.4 is 5.32 Å².